The van der Waals surface area contributed by atoms with Gasteiger partial charge in [-0.2, -0.15) is 5.10 Å². The third-order valence-corrected chi connectivity index (χ3v) is 3.47. The second-order valence-electron chi connectivity index (χ2n) is 5.00. The van der Waals surface area contributed by atoms with Gasteiger partial charge in [0, 0.05) is 19.7 Å². The molecular weight excluding hydrogens is 296 g/mol. The molecule has 122 valence electrons. The predicted molar refractivity (Wildman–Crippen MR) is 85.3 cm³/mol. The summed E-state index contributed by atoms with van der Waals surface area (Å²) in [5.41, 5.74) is 1.41. The second-order valence-corrected chi connectivity index (χ2v) is 5.00. The number of nitrogens with one attached hydrogen (secondary N) is 2. The first kappa shape index (κ1) is 16.7. The summed E-state index contributed by atoms with van der Waals surface area (Å²) in [6.45, 7) is 1.88. The van der Waals surface area contributed by atoms with E-state index in [9.17, 15) is 9.59 Å². The zero-order valence-electron chi connectivity index (χ0n) is 13.1. The van der Waals surface area contributed by atoms with Crippen LogP contribution >= 0.6 is 0 Å². The number of benzene rings is 1. The van der Waals surface area contributed by atoms with Crippen LogP contribution in [0, 0.1) is 0 Å². The summed E-state index contributed by atoms with van der Waals surface area (Å²) in [5.74, 6) is -0.746. The second kappa shape index (κ2) is 7.55. The molecule has 2 aromatic rings. The Bertz CT molecular complexity index is 682. The van der Waals surface area contributed by atoms with Crippen molar-refractivity contribution >= 4 is 11.8 Å². The molecule has 1 heterocycles. The highest BCUT2D eigenvalue weighted by Crippen LogP contribution is 2.20. The number of aromatic nitrogens is 2. The molecule has 0 bridgehead atoms. The van der Waals surface area contributed by atoms with Gasteiger partial charge in [-0.15, -0.1) is 0 Å². The first-order valence-electron chi connectivity index (χ1n) is 7.34. The molecule has 1 atom stereocenters. The molecule has 0 saturated carbocycles. The Labute approximate surface area is 134 Å². The van der Waals surface area contributed by atoms with E-state index >= 15 is 0 Å². The van der Waals surface area contributed by atoms with Crippen LogP contribution in [0.25, 0.3) is 0 Å². The highest BCUT2D eigenvalue weighted by molar-refractivity contribution is 5.97. The fourth-order valence-corrected chi connectivity index (χ4v) is 2.23. The van der Waals surface area contributed by atoms with Crippen molar-refractivity contribution in [1.82, 2.24) is 20.4 Å². The van der Waals surface area contributed by atoms with Crippen LogP contribution in [-0.2, 0) is 0 Å². The van der Waals surface area contributed by atoms with Crippen LogP contribution in [0.5, 0.6) is 0 Å². The molecule has 3 N–H and O–H groups in total. The molecule has 7 nitrogen and oxygen atoms in total. The van der Waals surface area contributed by atoms with Gasteiger partial charge in [-0.1, -0.05) is 30.3 Å². The molecule has 2 amide bonds. The Morgan fingerprint density at radius 2 is 1.96 bits per heavy atom. The van der Waals surface area contributed by atoms with Gasteiger partial charge < -0.3 is 15.7 Å². The van der Waals surface area contributed by atoms with E-state index in [0.717, 1.165) is 5.56 Å². The Kier molecular flexibility index (Phi) is 5.48. The van der Waals surface area contributed by atoms with Gasteiger partial charge in [-0.25, -0.2) is 0 Å². The molecule has 2 rings (SSSR count). The van der Waals surface area contributed by atoms with Gasteiger partial charge in [-0.3, -0.25) is 14.3 Å². The molecule has 0 saturated heterocycles. The van der Waals surface area contributed by atoms with Crippen molar-refractivity contribution in [3.05, 3.63) is 53.3 Å². The van der Waals surface area contributed by atoms with Gasteiger partial charge in [0.1, 0.15) is 5.69 Å². The van der Waals surface area contributed by atoms with Crippen molar-refractivity contribution in [2.24, 2.45) is 0 Å². The molecule has 0 radical (unpaired) electrons. The fraction of sp³-hybridized carbons (Fsp3) is 0.312. The topological polar surface area (TPSA) is 96.3 Å². The third kappa shape index (κ3) is 3.75. The average molecular weight is 316 g/mol. The van der Waals surface area contributed by atoms with E-state index in [-0.39, 0.29) is 42.4 Å². The number of aliphatic hydroxyl groups is 1. The number of carbonyl (C=O) groups is 2. The molecule has 0 unspecified atom stereocenters. The molecular formula is C16H20N4O3. The number of rotatable bonds is 6. The van der Waals surface area contributed by atoms with E-state index < -0.39 is 0 Å². The van der Waals surface area contributed by atoms with Gasteiger partial charge >= 0.3 is 0 Å². The zero-order valence-corrected chi connectivity index (χ0v) is 13.1. The molecule has 1 aromatic heterocycles. The lowest BCUT2D eigenvalue weighted by molar-refractivity contribution is 0.0930. The average Bonchev–Trinajstić information content (AvgIpc) is 3.04. The van der Waals surface area contributed by atoms with Crippen LogP contribution in [0.15, 0.2) is 36.4 Å². The van der Waals surface area contributed by atoms with Crippen molar-refractivity contribution in [3.63, 3.8) is 0 Å². The van der Waals surface area contributed by atoms with E-state index in [1.165, 1.54) is 17.8 Å². The first-order chi connectivity index (χ1) is 11.1. The summed E-state index contributed by atoms with van der Waals surface area (Å²) < 4.78 is 1.52. The van der Waals surface area contributed by atoms with Crippen molar-refractivity contribution < 1.29 is 14.7 Å². The number of carbonyl (C=O) groups excluding carboxylic acids is 2. The Morgan fingerprint density at radius 1 is 1.26 bits per heavy atom. The predicted octanol–water partition coefficient (Wildman–Crippen LogP) is 0.574. The van der Waals surface area contributed by atoms with Gasteiger partial charge in [0.25, 0.3) is 11.8 Å². The third-order valence-electron chi connectivity index (χ3n) is 3.47. The Morgan fingerprint density at radius 3 is 2.57 bits per heavy atom. The van der Waals surface area contributed by atoms with E-state index in [2.05, 4.69) is 15.7 Å². The summed E-state index contributed by atoms with van der Waals surface area (Å²) in [7, 11) is 1.51. The SMILES string of the molecule is CNC(=O)c1cc(C(=O)NCCO)n([C@@H](C)c2ccccc2)n1. The summed E-state index contributed by atoms with van der Waals surface area (Å²) in [5, 5.41) is 18.2. The van der Waals surface area contributed by atoms with Gasteiger partial charge in [0.15, 0.2) is 5.69 Å². The van der Waals surface area contributed by atoms with E-state index in [1.54, 1.807) is 0 Å². The fourth-order valence-electron chi connectivity index (χ4n) is 2.23. The minimum atomic E-state index is -0.385. The number of aliphatic hydroxyl groups excluding tert-OH is 1. The number of hydrogen-bond acceptors (Lipinski definition) is 4. The number of amides is 2. The summed E-state index contributed by atoms with van der Waals surface area (Å²) in [6.07, 6.45) is 0. The molecule has 0 spiro atoms. The highest BCUT2D eigenvalue weighted by Gasteiger charge is 2.22. The molecule has 1 aromatic carbocycles. The molecule has 7 heteroatoms. The standard InChI is InChI=1S/C16H20N4O3/c1-11(12-6-4-3-5-7-12)20-14(16(23)18-8-9-21)10-13(19-20)15(22)17-2/h3-7,10-11,21H,8-9H2,1-2H3,(H,17,22)(H,18,23)/t11-/m0/s1. The molecule has 23 heavy (non-hydrogen) atoms. The molecule has 0 aliphatic rings. The van der Waals surface area contributed by atoms with Crippen LogP contribution < -0.4 is 10.6 Å². The van der Waals surface area contributed by atoms with E-state index in [4.69, 9.17) is 5.11 Å². The van der Waals surface area contributed by atoms with Crippen LogP contribution in [-0.4, -0.2) is 46.9 Å². The minimum absolute atomic E-state index is 0.138. The number of nitrogens with zero attached hydrogens (tertiary/aromatic N) is 2. The molecule has 0 aliphatic heterocycles. The van der Waals surface area contributed by atoms with Crippen LogP contribution in [0.1, 0.15) is 39.5 Å². The largest absolute Gasteiger partial charge is 0.395 e. The van der Waals surface area contributed by atoms with Crippen molar-refractivity contribution in [2.75, 3.05) is 20.2 Å². The lowest BCUT2D eigenvalue weighted by Crippen LogP contribution is -2.29. The van der Waals surface area contributed by atoms with Gasteiger partial charge in [-0.05, 0) is 12.5 Å². The summed E-state index contributed by atoms with van der Waals surface area (Å²) >= 11 is 0. The van der Waals surface area contributed by atoms with Crippen molar-refractivity contribution in [3.8, 4) is 0 Å². The molecule has 0 aliphatic carbocycles. The van der Waals surface area contributed by atoms with Gasteiger partial charge in [0.05, 0.1) is 12.6 Å². The summed E-state index contributed by atoms with van der Waals surface area (Å²) in [4.78, 5) is 24.1. The summed E-state index contributed by atoms with van der Waals surface area (Å²) in [6, 6.07) is 10.8. The maximum Gasteiger partial charge on any atom is 0.271 e. The van der Waals surface area contributed by atoms with Crippen molar-refractivity contribution in [1.29, 1.82) is 0 Å². The van der Waals surface area contributed by atoms with Crippen LogP contribution in [0.3, 0.4) is 0 Å². The first-order valence-corrected chi connectivity index (χ1v) is 7.34. The van der Waals surface area contributed by atoms with E-state index in [1.807, 2.05) is 37.3 Å². The van der Waals surface area contributed by atoms with Crippen LogP contribution in [0.2, 0.25) is 0 Å². The minimum Gasteiger partial charge on any atom is -0.395 e. The smallest absolute Gasteiger partial charge is 0.271 e. The maximum absolute atomic E-state index is 12.3. The van der Waals surface area contributed by atoms with Gasteiger partial charge in [0.2, 0.25) is 0 Å². The Hall–Kier alpha value is -2.67. The lowest BCUT2D eigenvalue weighted by Gasteiger charge is -2.15. The zero-order chi connectivity index (χ0) is 16.8. The van der Waals surface area contributed by atoms with Crippen LogP contribution in [0.4, 0.5) is 0 Å². The highest BCUT2D eigenvalue weighted by atomic mass is 16.3. The number of hydrogen-bond donors (Lipinski definition) is 3. The maximum atomic E-state index is 12.3. The monoisotopic (exact) mass is 316 g/mol. The van der Waals surface area contributed by atoms with Crippen molar-refractivity contribution in [2.45, 2.75) is 13.0 Å². The quantitative estimate of drug-likeness (QED) is 0.726. The normalized spacial score (nSPS) is 11.8. The lowest BCUT2D eigenvalue weighted by atomic mass is 10.1. The molecule has 0 fully saturated rings. The Balaban J connectivity index is 2.41. The van der Waals surface area contributed by atoms with E-state index in [0.29, 0.717) is 0 Å².